The van der Waals surface area contributed by atoms with E-state index < -0.39 is 0 Å². The first-order chi connectivity index (χ1) is 5.34. The van der Waals surface area contributed by atoms with E-state index in [0.717, 1.165) is 12.3 Å². The van der Waals surface area contributed by atoms with Crippen LogP contribution in [0.3, 0.4) is 0 Å². The van der Waals surface area contributed by atoms with Crippen molar-refractivity contribution >= 4 is 0 Å². The monoisotopic (exact) mass is 150 g/mol. The van der Waals surface area contributed by atoms with Gasteiger partial charge in [0.15, 0.2) is 0 Å². The zero-order valence-corrected chi connectivity index (χ0v) is 7.31. The van der Waals surface area contributed by atoms with Crippen molar-refractivity contribution in [1.29, 1.82) is 0 Å². The van der Waals surface area contributed by atoms with Crippen LogP contribution in [-0.2, 0) is 0 Å². The molecule has 0 bridgehead atoms. The molecular weight excluding hydrogens is 132 g/mol. The third-order valence-electron chi connectivity index (χ3n) is 2.59. The van der Waals surface area contributed by atoms with E-state index >= 15 is 0 Å². The summed E-state index contributed by atoms with van der Waals surface area (Å²) in [4.78, 5) is 0. The fourth-order valence-corrected chi connectivity index (χ4v) is 1.86. The lowest BCUT2D eigenvalue weighted by atomic mass is 9.83. The molecule has 0 spiro atoms. The topological polar surface area (TPSA) is 0 Å². The molecule has 0 atom stereocenters. The van der Waals surface area contributed by atoms with Gasteiger partial charge in [-0.1, -0.05) is 37.5 Å². The molecule has 62 valence electrons. The van der Waals surface area contributed by atoms with Gasteiger partial charge in [0, 0.05) is 0 Å². The quantitative estimate of drug-likeness (QED) is 0.538. The van der Waals surface area contributed by atoms with Crippen LogP contribution < -0.4 is 0 Å². The minimum atomic E-state index is 0.807. The lowest BCUT2D eigenvalue weighted by molar-refractivity contribution is 0.400. The van der Waals surface area contributed by atoms with Crippen molar-refractivity contribution in [3.8, 4) is 0 Å². The molecule has 0 heteroatoms. The van der Waals surface area contributed by atoms with Gasteiger partial charge in [-0.15, -0.1) is 6.58 Å². The van der Waals surface area contributed by atoms with E-state index in [1.165, 1.54) is 37.7 Å². The van der Waals surface area contributed by atoms with E-state index in [2.05, 4.69) is 13.2 Å². The van der Waals surface area contributed by atoms with Gasteiger partial charge in [0.05, 0.1) is 0 Å². The molecule has 0 aromatic carbocycles. The first-order valence-electron chi connectivity index (χ1n) is 4.63. The van der Waals surface area contributed by atoms with Gasteiger partial charge in [-0.3, -0.25) is 0 Å². The lowest BCUT2D eigenvalue weighted by Gasteiger charge is -2.22. The van der Waals surface area contributed by atoms with E-state index in [1.54, 1.807) is 0 Å². The molecule has 0 amide bonds. The van der Waals surface area contributed by atoms with Crippen LogP contribution in [0, 0.1) is 5.92 Å². The smallest absolute Gasteiger partial charge is 0.0141 e. The molecule has 0 unspecified atom stereocenters. The Bertz CT molecular complexity index is 138. The average Bonchev–Trinajstić information content (AvgIpc) is 2.07. The summed E-state index contributed by atoms with van der Waals surface area (Å²) in [5.74, 6) is 0.807. The van der Waals surface area contributed by atoms with E-state index in [-0.39, 0.29) is 0 Å². The van der Waals surface area contributed by atoms with Crippen molar-refractivity contribution in [2.24, 2.45) is 5.92 Å². The maximum absolute atomic E-state index is 4.10. The van der Waals surface area contributed by atoms with Crippen molar-refractivity contribution in [2.45, 2.75) is 38.5 Å². The van der Waals surface area contributed by atoms with Crippen molar-refractivity contribution in [3.05, 3.63) is 24.8 Å². The Morgan fingerprint density at radius 2 is 1.91 bits per heavy atom. The molecule has 0 aliphatic heterocycles. The molecule has 1 fully saturated rings. The van der Waals surface area contributed by atoms with Gasteiger partial charge in [-0.05, 0) is 25.2 Å². The molecule has 0 N–H and O–H groups in total. The van der Waals surface area contributed by atoms with Crippen LogP contribution in [-0.4, -0.2) is 0 Å². The molecule has 0 nitrogen and oxygen atoms in total. The maximum atomic E-state index is 4.10. The highest BCUT2D eigenvalue weighted by molar-refractivity contribution is 5.05. The number of allylic oxidation sites excluding steroid dienone is 2. The van der Waals surface area contributed by atoms with Gasteiger partial charge < -0.3 is 0 Å². The highest BCUT2D eigenvalue weighted by Crippen LogP contribution is 2.30. The summed E-state index contributed by atoms with van der Waals surface area (Å²) in [5, 5.41) is 0. The highest BCUT2D eigenvalue weighted by atomic mass is 14.2. The van der Waals surface area contributed by atoms with Gasteiger partial charge in [0.1, 0.15) is 0 Å². The van der Waals surface area contributed by atoms with E-state index in [9.17, 15) is 0 Å². The van der Waals surface area contributed by atoms with E-state index in [4.69, 9.17) is 0 Å². The Morgan fingerprint density at radius 1 is 1.27 bits per heavy atom. The van der Waals surface area contributed by atoms with Crippen LogP contribution >= 0.6 is 0 Å². The molecule has 11 heavy (non-hydrogen) atoms. The van der Waals surface area contributed by atoms with Crippen molar-refractivity contribution in [1.82, 2.24) is 0 Å². The lowest BCUT2D eigenvalue weighted by Crippen LogP contribution is -2.07. The Labute approximate surface area is 70.0 Å². The van der Waals surface area contributed by atoms with Crippen LogP contribution in [0.5, 0.6) is 0 Å². The van der Waals surface area contributed by atoms with E-state index in [0.29, 0.717) is 0 Å². The van der Waals surface area contributed by atoms with Gasteiger partial charge in [-0.25, -0.2) is 0 Å². The predicted molar refractivity (Wildman–Crippen MR) is 50.5 cm³/mol. The van der Waals surface area contributed by atoms with Crippen molar-refractivity contribution in [3.63, 3.8) is 0 Å². The Hall–Kier alpha value is -0.520. The number of hydrogen-bond acceptors (Lipinski definition) is 0. The standard InChI is InChI=1S/C11H18/c1-3-7-10(2)11-8-5-4-6-9-11/h3,11H,1-2,4-9H2. The average molecular weight is 150 g/mol. The second-order valence-corrected chi connectivity index (χ2v) is 3.49. The zero-order valence-electron chi connectivity index (χ0n) is 7.31. The second-order valence-electron chi connectivity index (χ2n) is 3.49. The molecule has 0 aromatic heterocycles. The first-order valence-corrected chi connectivity index (χ1v) is 4.63. The fourth-order valence-electron chi connectivity index (χ4n) is 1.86. The molecular formula is C11H18. The molecule has 1 rings (SSSR count). The van der Waals surface area contributed by atoms with Gasteiger partial charge >= 0.3 is 0 Å². The number of rotatable bonds is 3. The zero-order chi connectivity index (χ0) is 8.10. The molecule has 1 aliphatic rings. The maximum Gasteiger partial charge on any atom is -0.0141 e. The molecule has 0 heterocycles. The van der Waals surface area contributed by atoms with Crippen LogP contribution in [0.4, 0.5) is 0 Å². The minimum Gasteiger partial charge on any atom is -0.103 e. The summed E-state index contributed by atoms with van der Waals surface area (Å²) in [7, 11) is 0. The highest BCUT2D eigenvalue weighted by Gasteiger charge is 2.14. The summed E-state index contributed by atoms with van der Waals surface area (Å²) in [6.45, 7) is 7.83. The third-order valence-corrected chi connectivity index (χ3v) is 2.59. The summed E-state index contributed by atoms with van der Waals surface area (Å²) in [5.41, 5.74) is 1.40. The Balaban J connectivity index is 2.32. The third kappa shape index (κ3) is 2.53. The minimum absolute atomic E-state index is 0.807. The van der Waals surface area contributed by atoms with Gasteiger partial charge in [0.25, 0.3) is 0 Å². The predicted octanol–water partition coefficient (Wildman–Crippen LogP) is 3.70. The molecule has 1 saturated carbocycles. The van der Waals surface area contributed by atoms with Crippen molar-refractivity contribution < 1.29 is 0 Å². The normalized spacial score (nSPS) is 19.6. The van der Waals surface area contributed by atoms with Crippen LogP contribution in [0.15, 0.2) is 24.8 Å². The van der Waals surface area contributed by atoms with Crippen LogP contribution in [0.2, 0.25) is 0 Å². The fraction of sp³-hybridized carbons (Fsp3) is 0.636. The molecule has 0 radical (unpaired) electrons. The van der Waals surface area contributed by atoms with Crippen LogP contribution in [0.1, 0.15) is 38.5 Å². The summed E-state index contributed by atoms with van der Waals surface area (Å²) >= 11 is 0. The van der Waals surface area contributed by atoms with Gasteiger partial charge in [-0.2, -0.15) is 0 Å². The largest absolute Gasteiger partial charge is 0.103 e. The summed E-state index contributed by atoms with van der Waals surface area (Å²) in [6, 6.07) is 0. The Morgan fingerprint density at radius 3 is 2.45 bits per heavy atom. The second kappa shape index (κ2) is 4.38. The summed E-state index contributed by atoms with van der Waals surface area (Å²) < 4.78 is 0. The Kier molecular flexibility index (Phi) is 3.41. The molecule has 0 aromatic rings. The molecule has 0 saturated heterocycles. The SMILES string of the molecule is C=CCC(=C)C1CCCCC1. The van der Waals surface area contributed by atoms with Gasteiger partial charge in [0.2, 0.25) is 0 Å². The first kappa shape index (κ1) is 8.58. The number of hydrogen-bond donors (Lipinski definition) is 0. The van der Waals surface area contributed by atoms with E-state index in [1.807, 2.05) is 6.08 Å². The van der Waals surface area contributed by atoms with Crippen LogP contribution in [0.25, 0.3) is 0 Å². The molecule has 1 aliphatic carbocycles. The summed E-state index contributed by atoms with van der Waals surface area (Å²) in [6.07, 6.45) is 9.96. The van der Waals surface area contributed by atoms with Crippen molar-refractivity contribution in [2.75, 3.05) is 0 Å².